The Morgan fingerprint density at radius 1 is 1.45 bits per heavy atom. The molecule has 5 nitrogen and oxygen atoms in total. The molecule has 1 aromatic carbocycles. The minimum Gasteiger partial charge on any atom is -0.481 e. The third-order valence-corrected chi connectivity index (χ3v) is 3.76. The van der Waals surface area contributed by atoms with Gasteiger partial charge in [-0.2, -0.15) is 0 Å². The van der Waals surface area contributed by atoms with Crippen LogP contribution in [0.5, 0.6) is 0 Å². The van der Waals surface area contributed by atoms with Gasteiger partial charge in [-0.15, -0.1) is 0 Å². The molecule has 1 saturated heterocycles. The molecular weight excluding hydrogens is 256 g/mol. The summed E-state index contributed by atoms with van der Waals surface area (Å²) < 4.78 is 0. The minimum absolute atomic E-state index is 0.0149. The zero-order valence-electron chi connectivity index (χ0n) is 11.6. The second kappa shape index (κ2) is 6.52. The minimum atomic E-state index is -0.814. The fourth-order valence-corrected chi connectivity index (χ4v) is 2.19. The Balaban J connectivity index is 1.93. The molecule has 20 heavy (non-hydrogen) atoms. The smallest absolute Gasteiger partial charge is 0.303 e. The van der Waals surface area contributed by atoms with Crippen LogP contribution in [0.15, 0.2) is 24.3 Å². The van der Waals surface area contributed by atoms with Crippen molar-refractivity contribution < 1.29 is 14.7 Å². The van der Waals surface area contributed by atoms with E-state index in [1.54, 1.807) is 0 Å². The lowest BCUT2D eigenvalue weighted by Crippen LogP contribution is -2.48. The van der Waals surface area contributed by atoms with Crippen LogP contribution < -0.4 is 10.6 Å². The summed E-state index contributed by atoms with van der Waals surface area (Å²) in [5.74, 6) is -0.401. The Labute approximate surface area is 118 Å². The van der Waals surface area contributed by atoms with Gasteiger partial charge < -0.3 is 15.7 Å². The molecule has 0 bridgehead atoms. The Morgan fingerprint density at radius 3 is 2.80 bits per heavy atom. The average Bonchev–Trinajstić information content (AvgIpc) is 2.34. The van der Waals surface area contributed by atoms with Crippen molar-refractivity contribution in [1.29, 1.82) is 0 Å². The first-order chi connectivity index (χ1) is 9.56. The largest absolute Gasteiger partial charge is 0.481 e. The number of hydrogen-bond acceptors (Lipinski definition) is 3. The number of hydrogen-bond donors (Lipinski definition) is 3. The summed E-state index contributed by atoms with van der Waals surface area (Å²) in [6, 6.07) is 7.38. The van der Waals surface area contributed by atoms with E-state index in [0.29, 0.717) is 12.3 Å². The standard InChI is InChI=1S/C15H20N2O3/c1-10(12-8-16-9-12)15(20)17-13-4-2-3-11(7-13)5-6-14(18)19/h2-4,7,10,12,16H,5-6,8-9H2,1H3,(H,17,20)(H,18,19). The van der Waals surface area contributed by atoms with Crippen molar-refractivity contribution in [3.63, 3.8) is 0 Å². The Morgan fingerprint density at radius 2 is 2.20 bits per heavy atom. The number of carboxylic acid groups (broad SMARTS) is 1. The molecule has 1 heterocycles. The van der Waals surface area contributed by atoms with E-state index >= 15 is 0 Å². The van der Waals surface area contributed by atoms with Gasteiger partial charge >= 0.3 is 5.97 Å². The predicted molar refractivity (Wildman–Crippen MR) is 76.6 cm³/mol. The number of anilines is 1. The van der Waals surface area contributed by atoms with Gasteiger partial charge in [0.2, 0.25) is 5.91 Å². The van der Waals surface area contributed by atoms with Crippen molar-refractivity contribution >= 4 is 17.6 Å². The summed E-state index contributed by atoms with van der Waals surface area (Å²) in [4.78, 5) is 22.7. The second-order valence-electron chi connectivity index (χ2n) is 5.29. The van der Waals surface area contributed by atoms with Crippen molar-refractivity contribution in [2.75, 3.05) is 18.4 Å². The highest BCUT2D eigenvalue weighted by Crippen LogP contribution is 2.19. The maximum atomic E-state index is 12.1. The average molecular weight is 276 g/mol. The van der Waals surface area contributed by atoms with E-state index in [9.17, 15) is 9.59 Å². The number of aryl methyl sites for hydroxylation is 1. The molecule has 0 saturated carbocycles. The molecule has 108 valence electrons. The van der Waals surface area contributed by atoms with Gasteiger partial charge in [-0.05, 0) is 43.1 Å². The van der Waals surface area contributed by atoms with Crippen LogP contribution in [0.3, 0.4) is 0 Å². The normalized spacial score (nSPS) is 16.2. The SMILES string of the molecule is CC(C(=O)Nc1cccc(CCC(=O)O)c1)C1CNC1. The van der Waals surface area contributed by atoms with Crippen molar-refractivity contribution in [1.82, 2.24) is 5.32 Å². The molecule has 1 aromatic rings. The fraction of sp³-hybridized carbons (Fsp3) is 0.467. The number of nitrogens with one attached hydrogen (secondary N) is 2. The van der Waals surface area contributed by atoms with E-state index in [1.165, 1.54) is 0 Å². The third kappa shape index (κ3) is 3.81. The van der Waals surface area contributed by atoms with Crippen LogP contribution in [-0.2, 0) is 16.0 Å². The molecular formula is C15H20N2O3. The van der Waals surface area contributed by atoms with Crippen LogP contribution in [0.1, 0.15) is 18.9 Å². The van der Waals surface area contributed by atoms with Gasteiger partial charge in [-0.1, -0.05) is 19.1 Å². The number of aliphatic carboxylic acids is 1. The number of carbonyl (C=O) groups is 2. The highest BCUT2D eigenvalue weighted by atomic mass is 16.4. The molecule has 0 radical (unpaired) electrons. The lowest BCUT2D eigenvalue weighted by molar-refractivity contribution is -0.137. The molecule has 1 amide bonds. The van der Waals surface area contributed by atoms with E-state index in [0.717, 1.165) is 24.3 Å². The number of amides is 1. The first-order valence-electron chi connectivity index (χ1n) is 6.88. The first-order valence-corrected chi connectivity index (χ1v) is 6.88. The van der Waals surface area contributed by atoms with Crippen molar-refractivity contribution in [3.8, 4) is 0 Å². The lowest BCUT2D eigenvalue weighted by Gasteiger charge is -2.31. The quantitative estimate of drug-likeness (QED) is 0.735. The van der Waals surface area contributed by atoms with Crippen LogP contribution >= 0.6 is 0 Å². The van der Waals surface area contributed by atoms with Crippen LogP contribution in [-0.4, -0.2) is 30.1 Å². The Bertz CT molecular complexity index is 498. The molecule has 3 N–H and O–H groups in total. The molecule has 2 rings (SSSR count). The van der Waals surface area contributed by atoms with E-state index in [-0.39, 0.29) is 18.2 Å². The van der Waals surface area contributed by atoms with Gasteiger partial charge in [0, 0.05) is 18.0 Å². The van der Waals surface area contributed by atoms with Crippen molar-refractivity contribution in [2.45, 2.75) is 19.8 Å². The lowest BCUT2D eigenvalue weighted by atomic mass is 9.88. The maximum Gasteiger partial charge on any atom is 0.303 e. The van der Waals surface area contributed by atoms with E-state index in [2.05, 4.69) is 10.6 Å². The van der Waals surface area contributed by atoms with Gasteiger partial charge in [-0.3, -0.25) is 9.59 Å². The van der Waals surface area contributed by atoms with Gasteiger partial charge in [0.05, 0.1) is 0 Å². The Hall–Kier alpha value is -1.88. The zero-order valence-corrected chi connectivity index (χ0v) is 11.6. The van der Waals surface area contributed by atoms with Crippen LogP contribution in [0, 0.1) is 11.8 Å². The molecule has 1 aliphatic heterocycles. The molecule has 1 aliphatic rings. The molecule has 0 aromatic heterocycles. The third-order valence-electron chi connectivity index (χ3n) is 3.76. The molecule has 5 heteroatoms. The number of rotatable bonds is 6. The summed E-state index contributed by atoms with van der Waals surface area (Å²) >= 11 is 0. The Kier molecular flexibility index (Phi) is 4.74. The van der Waals surface area contributed by atoms with Gasteiger partial charge in [0.1, 0.15) is 0 Å². The maximum absolute atomic E-state index is 12.1. The summed E-state index contributed by atoms with van der Waals surface area (Å²) in [5.41, 5.74) is 1.65. The summed E-state index contributed by atoms with van der Waals surface area (Å²) in [6.07, 6.45) is 0.572. The number of benzene rings is 1. The molecule has 1 unspecified atom stereocenters. The topological polar surface area (TPSA) is 78.4 Å². The number of carbonyl (C=O) groups excluding carboxylic acids is 1. The molecule has 1 atom stereocenters. The highest BCUT2D eigenvalue weighted by Gasteiger charge is 2.28. The van der Waals surface area contributed by atoms with E-state index in [1.807, 2.05) is 31.2 Å². The van der Waals surface area contributed by atoms with E-state index < -0.39 is 5.97 Å². The number of carboxylic acids is 1. The van der Waals surface area contributed by atoms with Crippen LogP contribution in [0.4, 0.5) is 5.69 Å². The molecule has 1 fully saturated rings. The molecule has 0 spiro atoms. The van der Waals surface area contributed by atoms with Crippen molar-refractivity contribution in [2.24, 2.45) is 11.8 Å². The monoisotopic (exact) mass is 276 g/mol. The van der Waals surface area contributed by atoms with Crippen LogP contribution in [0.25, 0.3) is 0 Å². The fourth-order valence-electron chi connectivity index (χ4n) is 2.19. The van der Waals surface area contributed by atoms with Crippen molar-refractivity contribution in [3.05, 3.63) is 29.8 Å². The predicted octanol–water partition coefficient (Wildman–Crippen LogP) is 1.50. The van der Waals surface area contributed by atoms with Gasteiger partial charge in [-0.25, -0.2) is 0 Å². The molecule has 0 aliphatic carbocycles. The summed E-state index contributed by atoms with van der Waals surface area (Å²) in [5, 5.41) is 14.7. The summed E-state index contributed by atoms with van der Waals surface area (Å²) in [7, 11) is 0. The summed E-state index contributed by atoms with van der Waals surface area (Å²) in [6.45, 7) is 3.73. The second-order valence-corrected chi connectivity index (χ2v) is 5.29. The van der Waals surface area contributed by atoms with E-state index in [4.69, 9.17) is 5.11 Å². The highest BCUT2D eigenvalue weighted by molar-refractivity contribution is 5.92. The van der Waals surface area contributed by atoms with Gasteiger partial charge in [0.25, 0.3) is 0 Å². The zero-order chi connectivity index (χ0) is 14.5. The first kappa shape index (κ1) is 14.5. The van der Waals surface area contributed by atoms with Gasteiger partial charge in [0.15, 0.2) is 0 Å². The van der Waals surface area contributed by atoms with Crippen LogP contribution in [0.2, 0.25) is 0 Å².